The minimum atomic E-state index is -1.17. The highest BCUT2D eigenvalue weighted by molar-refractivity contribution is 6.02. The summed E-state index contributed by atoms with van der Waals surface area (Å²) in [4.78, 5) is 24.3. The number of hydrogen-bond donors (Lipinski definition) is 2. The van der Waals surface area contributed by atoms with Crippen LogP contribution < -0.4 is 10.1 Å². The van der Waals surface area contributed by atoms with E-state index in [4.69, 9.17) is 9.47 Å². The first-order chi connectivity index (χ1) is 13.6. The highest BCUT2D eigenvalue weighted by Gasteiger charge is 2.23. The molecule has 0 radical (unpaired) electrons. The number of methoxy groups -OCH3 is 1. The number of carboxylic acid groups (broad SMARTS) is 1. The van der Waals surface area contributed by atoms with Crippen molar-refractivity contribution >= 4 is 22.6 Å². The second-order valence-electron chi connectivity index (χ2n) is 6.26. The smallest absolute Gasteiger partial charge is 0.328 e. The molecule has 0 aromatic heterocycles. The Morgan fingerprint density at radius 2 is 1.64 bits per heavy atom. The summed E-state index contributed by atoms with van der Waals surface area (Å²) in [6.07, 6.45) is 0. The van der Waals surface area contributed by atoms with Gasteiger partial charge >= 0.3 is 5.97 Å². The SMILES string of the molecule is COc1cc2ccccc2cc1C(=O)NC(COCc1ccccc1)C(=O)O. The molecule has 6 heteroatoms. The van der Waals surface area contributed by atoms with Crippen LogP contribution in [-0.2, 0) is 16.1 Å². The predicted molar refractivity (Wildman–Crippen MR) is 105 cm³/mol. The minimum Gasteiger partial charge on any atom is -0.496 e. The van der Waals surface area contributed by atoms with Crippen LogP contribution in [0.15, 0.2) is 66.7 Å². The Morgan fingerprint density at radius 1 is 1.00 bits per heavy atom. The summed E-state index contributed by atoms with van der Waals surface area (Å²) in [5.74, 6) is -1.31. The van der Waals surface area contributed by atoms with Crippen molar-refractivity contribution < 1.29 is 24.2 Å². The van der Waals surface area contributed by atoms with Crippen molar-refractivity contribution in [2.45, 2.75) is 12.6 Å². The monoisotopic (exact) mass is 379 g/mol. The van der Waals surface area contributed by atoms with Gasteiger partial charge in [-0.25, -0.2) is 4.79 Å². The quantitative estimate of drug-likeness (QED) is 0.628. The van der Waals surface area contributed by atoms with Crippen molar-refractivity contribution in [3.63, 3.8) is 0 Å². The summed E-state index contributed by atoms with van der Waals surface area (Å²) < 4.78 is 10.8. The Balaban J connectivity index is 1.71. The van der Waals surface area contributed by atoms with Crippen LogP contribution in [0.4, 0.5) is 0 Å². The van der Waals surface area contributed by atoms with Gasteiger partial charge in [0.05, 0.1) is 25.9 Å². The number of ether oxygens (including phenoxy) is 2. The Labute approximate surface area is 162 Å². The van der Waals surface area contributed by atoms with Crippen molar-refractivity contribution in [3.8, 4) is 5.75 Å². The largest absolute Gasteiger partial charge is 0.496 e. The van der Waals surface area contributed by atoms with Gasteiger partial charge in [0.15, 0.2) is 6.04 Å². The van der Waals surface area contributed by atoms with Gasteiger partial charge in [-0.15, -0.1) is 0 Å². The molecule has 0 aliphatic carbocycles. The molecule has 1 atom stereocenters. The number of carbonyl (C=O) groups excluding carboxylic acids is 1. The highest BCUT2D eigenvalue weighted by Crippen LogP contribution is 2.26. The average Bonchev–Trinajstić information content (AvgIpc) is 2.72. The first-order valence-electron chi connectivity index (χ1n) is 8.80. The van der Waals surface area contributed by atoms with Gasteiger partial charge in [-0.2, -0.15) is 0 Å². The van der Waals surface area contributed by atoms with Crippen molar-refractivity contribution in [1.29, 1.82) is 0 Å². The summed E-state index contributed by atoms with van der Waals surface area (Å²) in [7, 11) is 1.47. The molecular weight excluding hydrogens is 358 g/mol. The van der Waals surface area contributed by atoms with Crippen LogP contribution in [0.25, 0.3) is 10.8 Å². The summed E-state index contributed by atoms with van der Waals surface area (Å²) in [6, 6.07) is 19.2. The fraction of sp³-hybridized carbons (Fsp3) is 0.182. The molecule has 0 spiro atoms. The maximum absolute atomic E-state index is 12.7. The summed E-state index contributed by atoms with van der Waals surface area (Å²) in [6.45, 7) is 0.117. The number of nitrogens with one attached hydrogen (secondary N) is 1. The summed E-state index contributed by atoms with van der Waals surface area (Å²) in [5, 5.41) is 13.7. The van der Waals surface area contributed by atoms with Crippen molar-refractivity contribution in [3.05, 3.63) is 77.9 Å². The van der Waals surface area contributed by atoms with E-state index in [0.717, 1.165) is 16.3 Å². The molecule has 0 aliphatic heterocycles. The molecule has 0 aliphatic rings. The Kier molecular flexibility index (Phi) is 6.24. The van der Waals surface area contributed by atoms with E-state index in [-0.39, 0.29) is 18.8 Å². The first-order valence-corrected chi connectivity index (χ1v) is 8.80. The zero-order valence-electron chi connectivity index (χ0n) is 15.4. The van der Waals surface area contributed by atoms with E-state index in [0.29, 0.717) is 5.75 Å². The van der Waals surface area contributed by atoms with Crippen LogP contribution in [0.5, 0.6) is 5.75 Å². The maximum Gasteiger partial charge on any atom is 0.328 e. The van der Waals surface area contributed by atoms with E-state index in [1.54, 1.807) is 12.1 Å². The first kappa shape index (κ1) is 19.4. The van der Waals surface area contributed by atoms with Crippen LogP contribution in [0.1, 0.15) is 15.9 Å². The number of carbonyl (C=O) groups is 2. The van der Waals surface area contributed by atoms with Gasteiger partial charge in [0.2, 0.25) is 0 Å². The van der Waals surface area contributed by atoms with E-state index < -0.39 is 17.9 Å². The molecule has 0 saturated carbocycles. The lowest BCUT2D eigenvalue weighted by Gasteiger charge is -2.16. The Hall–Kier alpha value is -3.38. The standard InChI is InChI=1S/C22H21NO5/c1-27-20-12-17-10-6-5-9-16(17)11-18(20)21(24)23-19(22(25)26)14-28-13-15-7-3-2-4-8-15/h2-12,19H,13-14H2,1H3,(H,23,24)(H,25,26). The molecule has 144 valence electrons. The van der Waals surface area contributed by atoms with Crippen LogP contribution in [0.3, 0.4) is 0 Å². The van der Waals surface area contributed by atoms with Gasteiger partial charge in [0.1, 0.15) is 5.75 Å². The Bertz CT molecular complexity index is 971. The molecule has 1 unspecified atom stereocenters. The third-order valence-electron chi connectivity index (χ3n) is 4.31. The number of carboxylic acids is 1. The minimum absolute atomic E-state index is 0.147. The number of amides is 1. The Morgan fingerprint density at radius 3 is 2.29 bits per heavy atom. The van der Waals surface area contributed by atoms with E-state index in [2.05, 4.69) is 5.32 Å². The predicted octanol–water partition coefficient (Wildman–Crippen LogP) is 3.25. The lowest BCUT2D eigenvalue weighted by Crippen LogP contribution is -2.44. The lowest BCUT2D eigenvalue weighted by molar-refractivity contribution is -0.141. The molecule has 6 nitrogen and oxygen atoms in total. The third kappa shape index (κ3) is 4.66. The number of aliphatic carboxylic acids is 1. The maximum atomic E-state index is 12.7. The number of fused-ring (bicyclic) bond motifs is 1. The fourth-order valence-corrected chi connectivity index (χ4v) is 2.85. The molecule has 3 aromatic rings. The lowest BCUT2D eigenvalue weighted by atomic mass is 10.0. The molecule has 0 fully saturated rings. The summed E-state index contributed by atoms with van der Waals surface area (Å²) >= 11 is 0. The van der Waals surface area contributed by atoms with Crippen molar-refractivity contribution in [1.82, 2.24) is 5.32 Å². The molecule has 2 N–H and O–H groups in total. The number of rotatable bonds is 8. The fourth-order valence-electron chi connectivity index (χ4n) is 2.85. The van der Waals surface area contributed by atoms with E-state index in [1.807, 2.05) is 54.6 Å². The summed E-state index contributed by atoms with van der Waals surface area (Å²) in [5.41, 5.74) is 1.20. The molecule has 0 bridgehead atoms. The van der Waals surface area contributed by atoms with Crippen LogP contribution in [0.2, 0.25) is 0 Å². The molecule has 0 heterocycles. The van der Waals surface area contributed by atoms with E-state index in [9.17, 15) is 14.7 Å². The van der Waals surface area contributed by atoms with Crippen LogP contribution >= 0.6 is 0 Å². The topological polar surface area (TPSA) is 84.9 Å². The number of hydrogen-bond acceptors (Lipinski definition) is 4. The van der Waals surface area contributed by atoms with E-state index >= 15 is 0 Å². The zero-order valence-corrected chi connectivity index (χ0v) is 15.4. The zero-order chi connectivity index (χ0) is 19.9. The second kappa shape index (κ2) is 9.01. The van der Waals surface area contributed by atoms with Gasteiger partial charge in [-0.05, 0) is 28.5 Å². The second-order valence-corrected chi connectivity index (χ2v) is 6.26. The van der Waals surface area contributed by atoms with Gasteiger partial charge in [0.25, 0.3) is 5.91 Å². The van der Waals surface area contributed by atoms with Gasteiger partial charge in [0, 0.05) is 0 Å². The molecule has 3 rings (SSSR count). The molecule has 1 amide bonds. The molecule has 0 saturated heterocycles. The van der Waals surface area contributed by atoms with Crippen LogP contribution in [0, 0.1) is 0 Å². The van der Waals surface area contributed by atoms with Gasteiger partial charge < -0.3 is 19.9 Å². The normalized spacial score (nSPS) is 11.8. The molecule has 3 aromatic carbocycles. The van der Waals surface area contributed by atoms with Crippen molar-refractivity contribution in [2.24, 2.45) is 0 Å². The average molecular weight is 379 g/mol. The molecular formula is C22H21NO5. The number of benzene rings is 3. The van der Waals surface area contributed by atoms with Crippen molar-refractivity contribution in [2.75, 3.05) is 13.7 Å². The van der Waals surface area contributed by atoms with Gasteiger partial charge in [-0.3, -0.25) is 4.79 Å². The third-order valence-corrected chi connectivity index (χ3v) is 4.31. The van der Waals surface area contributed by atoms with Crippen LogP contribution in [-0.4, -0.2) is 36.7 Å². The molecule has 28 heavy (non-hydrogen) atoms. The van der Waals surface area contributed by atoms with Gasteiger partial charge in [-0.1, -0.05) is 54.6 Å². The van der Waals surface area contributed by atoms with E-state index in [1.165, 1.54) is 7.11 Å². The highest BCUT2D eigenvalue weighted by atomic mass is 16.5.